The molecule has 1 aliphatic heterocycles. The normalized spacial score (nSPS) is 17.4. The van der Waals surface area contributed by atoms with Gasteiger partial charge in [0.2, 0.25) is 0 Å². The number of hydrogen-bond acceptors (Lipinski definition) is 4. The second-order valence-corrected chi connectivity index (χ2v) is 7.43. The molecule has 1 aromatic heterocycles. The van der Waals surface area contributed by atoms with Crippen molar-refractivity contribution in [3.05, 3.63) is 46.5 Å². The molecule has 8 heteroatoms. The Morgan fingerprint density at radius 2 is 1.92 bits per heavy atom. The highest BCUT2D eigenvalue weighted by Crippen LogP contribution is 2.23. The van der Waals surface area contributed by atoms with Gasteiger partial charge in [-0.15, -0.1) is 10.2 Å². The molecule has 3 rings (SSSR count). The van der Waals surface area contributed by atoms with E-state index in [2.05, 4.69) is 77.4 Å². The molecule has 140 valence electrons. The molecule has 0 bridgehead atoms. The van der Waals surface area contributed by atoms with E-state index in [0.29, 0.717) is 12.6 Å². The van der Waals surface area contributed by atoms with Gasteiger partial charge in [0, 0.05) is 50.8 Å². The van der Waals surface area contributed by atoms with Crippen LogP contribution in [0.3, 0.4) is 0 Å². The van der Waals surface area contributed by atoms with Gasteiger partial charge < -0.3 is 14.8 Å². The standard InChI is InChI=1S/C18H26BrN7/c1-14(15-4-6-16(19)7-5-15)25-8-10-26(11-9-25)18(20-2)21-12-17-23-22-13-24(17)3/h4-7,13-14H,8-12H2,1-3H3,(H,20,21). The van der Waals surface area contributed by atoms with E-state index in [1.165, 1.54) is 5.56 Å². The van der Waals surface area contributed by atoms with Crippen molar-refractivity contribution in [2.45, 2.75) is 19.5 Å². The van der Waals surface area contributed by atoms with Crippen LogP contribution >= 0.6 is 15.9 Å². The van der Waals surface area contributed by atoms with Crippen molar-refractivity contribution < 1.29 is 0 Å². The van der Waals surface area contributed by atoms with Crippen LogP contribution in [-0.2, 0) is 13.6 Å². The van der Waals surface area contributed by atoms with Crippen molar-refractivity contribution in [1.82, 2.24) is 29.9 Å². The van der Waals surface area contributed by atoms with Crippen LogP contribution in [0.25, 0.3) is 0 Å². The van der Waals surface area contributed by atoms with Gasteiger partial charge in [-0.3, -0.25) is 9.89 Å². The van der Waals surface area contributed by atoms with E-state index in [9.17, 15) is 0 Å². The number of benzene rings is 1. The molecule has 0 aliphatic carbocycles. The van der Waals surface area contributed by atoms with Gasteiger partial charge in [-0.05, 0) is 24.6 Å². The van der Waals surface area contributed by atoms with Crippen molar-refractivity contribution in [2.24, 2.45) is 12.0 Å². The molecule has 1 fully saturated rings. The van der Waals surface area contributed by atoms with E-state index in [-0.39, 0.29) is 0 Å². The molecule has 1 saturated heterocycles. The molecule has 1 atom stereocenters. The number of aryl methyl sites for hydroxylation is 1. The summed E-state index contributed by atoms with van der Waals surface area (Å²) in [5, 5.41) is 11.4. The number of nitrogens with zero attached hydrogens (tertiary/aromatic N) is 6. The number of rotatable bonds is 4. The number of hydrogen-bond donors (Lipinski definition) is 1. The highest BCUT2D eigenvalue weighted by molar-refractivity contribution is 9.10. The minimum atomic E-state index is 0.416. The third-order valence-corrected chi connectivity index (χ3v) is 5.46. The molecule has 0 amide bonds. The van der Waals surface area contributed by atoms with Crippen molar-refractivity contribution in [3.63, 3.8) is 0 Å². The number of nitrogens with one attached hydrogen (secondary N) is 1. The fourth-order valence-corrected chi connectivity index (χ4v) is 3.50. The maximum Gasteiger partial charge on any atom is 0.194 e. The first kappa shape index (κ1) is 18.8. The van der Waals surface area contributed by atoms with Gasteiger partial charge >= 0.3 is 0 Å². The van der Waals surface area contributed by atoms with Crippen molar-refractivity contribution in [2.75, 3.05) is 33.2 Å². The van der Waals surface area contributed by atoms with Crippen LogP contribution in [0.1, 0.15) is 24.4 Å². The second kappa shape index (κ2) is 8.64. The average molecular weight is 420 g/mol. The Morgan fingerprint density at radius 1 is 1.23 bits per heavy atom. The number of aliphatic imine (C=N–C) groups is 1. The van der Waals surface area contributed by atoms with E-state index >= 15 is 0 Å². The molecular weight excluding hydrogens is 394 g/mol. The number of aromatic nitrogens is 3. The summed E-state index contributed by atoms with van der Waals surface area (Å²) < 4.78 is 3.04. The quantitative estimate of drug-likeness (QED) is 0.606. The number of halogens is 1. The first-order valence-electron chi connectivity index (χ1n) is 8.86. The summed E-state index contributed by atoms with van der Waals surface area (Å²) in [6.07, 6.45) is 1.71. The van der Waals surface area contributed by atoms with Crippen LogP contribution < -0.4 is 5.32 Å². The van der Waals surface area contributed by atoms with Crippen LogP contribution in [0.5, 0.6) is 0 Å². The molecule has 2 aromatic rings. The van der Waals surface area contributed by atoms with E-state index < -0.39 is 0 Å². The summed E-state index contributed by atoms with van der Waals surface area (Å²) in [5.74, 6) is 1.82. The van der Waals surface area contributed by atoms with Crippen LogP contribution in [-0.4, -0.2) is 63.8 Å². The molecule has 0 saturated carbocycles. The lowest BCUT2D eigenvalue weighted by Gasteiger charge is -2.39. The number of guanidine groups is 1. The van der Waals surface area contributed by atoms with E-state index in [1.807, 2.05) is 18.7 Å². The van der Waals surface area contributed by atoms with Crippen molar-refractivity contribution in [3.8, 4) is 0 Å². The van der Waals surface area contributed by atoms with Gasteiger partial charge in [0.1, 0.15) is 6.33 Å². The highest BCUT2D eigenvalue weighted by atomic mass is 79.9. The van der Waals surface area contributed by atoms with Crippen molar-refractivity contribution in [1.29, 1.82) is 0 Å². The zero-order valence-corrected chi connectivity index (χ0v) is 17.1. The zero-order valence-electron chi connectivity index (χ0n) is 15.6. The molecule has 2 heterocycles. The monoisotopic (exact) mass is 419 g/mol. The largest absolute Gasteiger partial charge is 0.349 e. The van der Waals surface area contributed by atoms with Gasteiger partial charge in [-0.1, -0.05) is 28.1 Å². The van der Waals surface area contributed by atoms with E-state index in [0.717, 1.165) is 42.4 Å². The zero-order chi connectivity index (χ0) is 18.5. The predicted octanol–water partition coefficient (Wildman–Crippen LogP) is 2.03. The van der Waals surface area contributed by atoms with Crippen LogP contribution in [0.2, 0.25) is 0 Å². The summed E-state index contributed by atoms with van der Waals surface area (Å²) in [5.41, 5.74) is 1.35. The Bertz CT molecular complexity index is 732. The fourth-order valence-electron chi connectivity index (χ4n) is 3.23. The summed E-state index contributed by atoms with van der Waals surface area (Å²) in [6, 6.07) is 9.03. The first-order valence-corrected chi connectivity index (χ1v) is 9.65. The Labute approximate surface area is 163 Å². The molecular formula is C18H26BrN7. The molecule has 1 unspecified atom stereocenters. The van der Waals surface area contributed by atoms with E-state index in [4.69, 9.17) is 0 Å². The Morgan fingerprint density at radius 3 is 2.50 bits per heavy atom. The lowest BCUT2D eigenvalue weighted by atomic mass is 10.1. The molecule has 26 heavy (non-hydrogen) atoms. The lowest BCUT2D eigenvalue weighted by Crippen LogP contribution is -2.52. The Kier molecular flexibility index (Phi) is 6.26. The van der Waals surface area contributed by atoms with Crippen LogP contribution in [0.4, 0.5) is 0 Å². The fraction of sp³-hybridized carbons (Fsp3) is 0.500. The Balaban J connectivity index is 1.53. The predicted molar refractivity (Wildman–Crippen MR) is 107 cm³/mol. The summed E-state index contributed by atoms with van der Waals surface area (Å²) >= 11 is 3.51. The molecule has 7 nitrogen and oxygen atoms in total. The average Bonchev–Trinajstić information content (AvgIpc) is 3.08. The first-order chi connectivity index (χ1) is 12.6. The maximum absolute atomic E-state index is 4.43. The summed E-state index contributed by atoms with van der Waals surface area (Å²) in [4.78, 5) is 9.26. The second-order valence-electron chi connectivity index (χ2n) is 6.51. The SMILES string of the molecule is CN=C(NCc1nncn1C)N1CCN(C(C)c2ccc(Br)cc2)CC1. The van der Waals surface area contributed by atoms with Gasteiger partial charge in [-0.25, -0.2) is 0 Å². The molecule has 1 aromatic carbocycles. The Hall–Kier alpha value is -1.93. The lowest BCUT2D eigenvalue weighted by molar-refractivity contribution is 0.138. The third-order valence-electron chi connectivity index (χ3n) is 4.94. The summed E-state index contributed by atoms with van der Waals surface area (Å²) in [7, 11) is 3.78. The van der Waals surface area contributed by atoms with E-state index in [1.54, 1.807) is 6.33 Å². The van der Waals surface area contributed by atoms with Gasteiger partial charge in [0.25, 0.3) is 0 Å². The minimum Gasteiger partial charge on any atom is -0.349 e. The molecule has 0 spiro atoms. The van der Waals surface area contributed by atoms with Gasteiger partial charge in [0.05, 0.1) is 6.54 Å². The van der Waals surface area contributed by atoms with Crippen molar-refractivity contribution >= 4 is 21.9 Å². The minimum absolute atomic E-state index is 0.416. The van der Waals surface area contributed by atoms with Gasteiger partial charge in [-0.2, -0.15) is 0 Å². The summed E-state index contributed by atoms with van der Waals surface area (Å²) in [6.45, 7) is 6.85. The highest BCUT2D eigenvalue weighted by Gasteiger charge is 2.23. The van der Waals surface area contributed by atoms with Gasteiger partial charge in [0.15, 0.2) is 11.8 Å². The molecule has 1 N–H and O–H groups in total. The maximum atomic E-state index is 4.43. The molecule has 1 aliphatic rings. The number of piperazine rings is 1. The van der Waals surface area contributed by atoms with Crippen LogP contribution in [0.15, 0.2) is 40.1 Å². The van der Waals surface area contributed by atoms with Crippen LogP contribution in [0, 0.1) is 0 Å². The third kappa shape index (κ3) is 4.42. The topological polar surface area (TPSA) is 61.6 Å². The smallest absolute Gasteiger partial charge is 0.194 e. The molecule has 0 radical (unpaired) electrons.